The van der Waals surface area contributed by atoms with E-state index in [0.29, 0.717) is 26.0 Å². The maximum absolute atomic E-state index is 11.9. The zero-order chi connectivity index (χ0) is 24.8. The lowest BCUT2D eigenvalue weighted by Crippen LogP contribution is -2.34. The first-order valence-electron chi connectivity index (χ1n) is 13.6. The van der Waals surface area contributed by atoms with Crippen LogP contribution in [0.25, 0.3) is 0 Å². The van der Waals surface area contributed by atoms with Crippen molar-refractivity contribution in [3.8, 4) is 0 Å². The van der Waals surface area contributed by atoms with Gasteiger partial charge in [0.25, 0.3) is 0 Å². The molecular formula is C27H54N2O3Si. The van der Waals surface area contributed by atoms with Gasteiger partial charge in [-0.2, -0.15) is 0 Å². The second-order valence-corrected chi connectivity index (χ2v) is 16.2. The van der Waals surface area contributed by atoms with Gasteiger partial charge in [0.1, 0.15) is 6.04 Å². The zero-order valence-electron chi connectivity index (χ0n) is 22.3. The molecule has 0 fully saturated rings. The summed E-state index contributed by atoms with van der Waals surface area (Å²) >= 11 is 0. The Hall–Kier alpha value is -1.14. The molecule has 0 radical (unpaired) electrons. The molecular weight excluding hydrogens is 428 g/mol. The molecule has 194 valence electrons. The van der Waals surface area contributed by atoms with Crippen LogP contribution in [0.1, 0.15) is 103 Å². The maximum atomic E-state index is 11.9. The SMILES string of the molecule is CCCCCCC/C=C/CCCCCCC(=O)NCCCC[C@H](N)C(=O)OCC[Si](C)(C)C. The summed E-state index contributed by atoms with van der Waals surface area (Å²) in [5, 5.41) is 2.98. The quantitative estimate of drug-likeness (QED) is 0.0775. The van der Waals surface area contributed by atoms with Crippen LogP contribution in [0.3, 0.4) is 0 Å². The number of carbonyl (C=O) groups excluding carboxylic acids is 2. The topological polar surface area (TPSA) is 81.4 Å². The number of ether oxygens (including phenoxy) is 1. The predicted molar refractivity (Wildman–Crippen MR) is 144 cm³/mol. The van der Waals surface area contributed by atoms with Gasteiger partial charge in [0.2, 0.25) is 5.91 Å². The predicted octanol–water partition coefficient (Wildman–Crippen LogP) is 6.74. The maximum Gasteiger partial charge on any atom is 0.322 e. The summed E-state index contributed by atoms with van der Waals surface area (Å²) in [5.41, 5.74) is 5.92. The number of rotatable bonds is 22. The largest absolute Gasteiger partial charge is 0.465 e. The Labute approximate surface area is 205 Å². The molecule has 5 nitrogen and oxygen atoms in total. The molecule has 6 heteroatoms. The van der Waals surface area contributed by atoms with E-state index < -0.39 is 14.1 Å². The summed E-state index contributed by atoms with van der Waals surface area (Å²) < 4.78 is 5.29. The number of carbonyl (C=O) groups is 2. The van der Waals surface area contributed by atoms with Crippen LogP contribution in [0.5, 0.6) is 0 Å². The van der Waals surface area contributed by atoms with Gasteiger partial charge in [0, 0.05) is 21.0 Å². The number of unbranched alkanes of at least 4 members (excludes halogenated alkanes) is 10. The van der Waals surface area contributed by atoms with E-state index in [1.807, 2.05) is 0 Å². The number of amides is 1. The van der Waals surface area contributed by atoms with Gasteiger partial charge in [-0.3, -0.25) is 9.59 Å². The molecule has 0 aromatic carbocycles. The minimum Gasteiger partial charge on any atom is -0.465 e. The second kappa shape index (κ2) is 21.4. The molecule has 0 unspecified atom stereocenters. The summed E-state index contributed by atoms with van der Waals surface area (Å²) in [4.78, 5) is 23.8. The van der Waals surface area contributed by atoms with E-state index in [4.69, 9.17) is 10.5 Å². The van der Waals surface area contributed by atoms with Crippen molar-refractivity contribution in [2.75, 3.05) is 13.2 Å². The first kappa shape index (κ1) is 31.9. The highest BCUT2D eigenvalue weighted by Gasteiger charge is 2.17. The fourth-order valence-electron chi connectivity index (χ4n) is 3.49. The van der Waals surface area contributed by atoms with Crippen molar-refractivity contribution in [2.24, 2.45) is 5.73 Å². The highest BCUT2D eigenvalue weighted by Crippen LogP contribution is 2.10. The van der Waals surface area contributed by atoms with Crippen LogP contribution in [-0.4, -0.2) is 39.1 Å². The molecule has 0 saturated carbocycles. The Balaban J connectivity index is 3.48. The summed E-state index contributed by atoms with van der Waals surface area (Å²) in [6, 6.07) is 0.413. The molecule has 0 aliphatic carbocycles. The van der Waals surface area contributed by atoms with Crippen LogP contribution in [0.15, 0.2) is 12.2 Å². The van der Waals surface area contributed by atoms with E-state index >= 15 is 0 Å². The van der Waals surface area contributed by atoms with Gasteiger partial charge in [-0.05, 0) is 57.4 Å². The van der Waals surface area contributed by atoms with Crippen LogP contribution in [0.2, 0.25) is 25.7 Å². The van der Waals surface area contributed by atoms with E-state index in [1.54, 1.807) is 0 Å². The Morgan fingerprint density at radius 1 is 0.879 bits per heavy atom. The van der Waals surface area contributed by atoms with E-state index in [9.17, 15) is 9.59 Å². The van der Waals surface area contributed by atoms with Crippen molar-refractivity contribution in [1.82, 2.24) is 5.32 Å². The van der Waals surface area contributed by atoms with Gasteiger partial charge in [-0.15, -0.1) is 0 Å². The molecule has 0 bridgehead atoms. The number of esters is 1. The molecule has 33 heavy (non-hydrogen) atoms. The summed E-state index contributed by atoms with van der Waals surface area (Å²) in [6.07, 6.45) is 21.1. The third-order valence-electron chi connectivity index (χ3n) is 5.83. The van der Waals surface area contributed by atoms with Gasteiger partial charge >= 0.3 is 5.97 Å². The van der Waals surface area contributed by atoms with Crippen molar-refractivity contribution >= 4 is 20.0 Å². The van der Waals surface area contributed by atoms with Crippen LogP contribution < -0.4 is 11.1 Å². The first-order chi connectivity index (χ1) is 15.8. The molecule has 0 aromatic rings. The minimum atomic E-state index is -1.19. The number of allylic oxidation sites excluding steroid dienone is 2. The molecule has 0 aliphatic rings. The van der Waals surface area contributed by atoms with E-state index in [-0.39, 0.29) is 11.9 Å². The Bertz CT molecular complexity index is 518. The molecule has 0 spiro atoms. The third-order valence-corrected chi connectivity index (χ3v) is 7.53. The van der Waals surface area contributed by atoms with Crippen LogP contribution in [-0.2, 0) is 14.3 Å². The number of hydrogen-bond acceptors (Lipinski definition) is 4. The van der Waals surface area contributed by atoms with Crippen molar-refractivity contribution < 1.29 is 14.3 Å². The van der Waals surface area contributed by atoms with Gasteiger partial charge in [-0.25, -0.2) is 0 Å². The standard InChI is InChI=1S/C27H54N2O3Si/c1-5-6-7-8-9-10-11-12-13-14-15-16-17-21-26(30)29-22-19-18-20-25(28)27(31)32-23-24-33(2,3)4/h11-12,25H,5-10,13-24,28H2,1-4H3,(H,29,30)/b12-11+/t25-/m0/s1. The summed E-state index contributed by atoms with van der Waals surface area (Å²) in [5.74, 6) is -0.164. The lowest BCUT2D eigenvalue weighted by Gasteiger charge is -2.17. The first-order valence-corrected chi connectivity index (χ1v) is 17.3. The fraction of sp³-hybridized carbons (Fsp3) is 0.852. The fourth-order valence-corrected chi connectivity index (χ4v) is 4.21. The Kier molecular flexibility index (Phi) is 20.7. The van der Waals surface area contributed by atoms with Crippen molar-refractivity contribution in [3.63, 3.8) is 0 Å². The molecule has 0 rings (SSSR count). The van der Waals surface area contributed by atoms with Crippen molar-refractivity contribution in [1.29, 1.82) is 0 Å². The Morgan fingerprint density at radius 3 is 2.09 bits per heavy atom. The van der Waals surface area contributed by atoms with Crippen LogP contribution >= 0.6 is 0 Å². The van der Waals surface area contributed by atoms with Crippen molar-refractivity contribution in [3.05, 3.63) is 12.2 Å². The summed E-state index contributed by atoms with van der Waals surface area (Å²) in [6.45, 7) is 10.2. The zero-order valence-corrected chi connectivity index (χ0v) is 23.3. The molecule has 0 aromatic heterocycles. The number of nitrogens with one attached hydrogen (secondary N) is 1. The van der Waals surface area contributed by atoms with E-state index in [0.717, 1.165) is 38.1 Å². The average molecular weight is 483 g/mol. The number of hydrogen-bond donors (Lipinski definition) is 2. The molecule has 3 N–H and O–H groups in total. The third kappa shape index (κ3) is 23.8. The van der Waals surface area contributed by atoms with Gasteiger partial charge < -0.3 is 15.8 Å². The molecule has 0 saturated heterocycles. The second-order valence-electron chi connectivity index (χ2n) is 10.6. The normalized spacial score (nSPS) is 12.8. The monoisotopic (exact) mass is 482 g/mol. The van der Waals surface area contributed by atoms with Gasteiger partial charge in [0.05, 0.1) is 6.61 Å². The van der Waals surface area contributed by atoms with Crippen LogP contribution in [0, 0.1) is 0 Å². The summed E-state index contributed by atoms with van der Waals surface area (Å²) in [7, 11) is -1.19. The molecule has 0 aliphatic heterocycles. The van der Waals surface area contributed by atoms with Crippen LogP contribution in [0.4, 0.5) is 0 Å². The van der Waals surface area contributed by atoms with Gasteiger partial charge in [-0.1, -0.05) is 77.2 Å². The van der Waals surface area contributed by atoms with Gasteiger partial charge in [0.15, 0.2) is 0 Å². The highest BCUT2D eigenvalue weighted by atomic mass is 28.3. The van der Waals surface area contributed by atoms with E-state index in [2.05, 4.69) is 44.0 Å². The Morgan fingerprint density at radius 2 is 1.48 bits per heavy atom. The van der Waals surface area contributed by atoms with Crippen molar-refractivity contribution in [2.45, 2.75) is 135 Å². The smallest absolute Gasteiger partial charge is 0.322 e. The lowest BCUT2D eigenvalue weighted by molar-refractivity contribution is -0.144. The number of nitrogens with two attached hydrogens (primary N) is 1. The average Bonchev–Trinajstić information content (AvgIpc) is 2.75. The molecule has 0 heterocycles. The lowest BCUT2D eigenvalue weighted by atomic mass is 10.1. The minimum absolute atomic E-state index is 0.132. The molecule has 1 amide bonds. The van der Waals surface area contributed by atoms with E-state index in [1.165, 1.54) is 51.4 Å². The molecule has 1 atom stereocenters. The highest BCUT2D eigenvalue weighted by molar-refractivity contribution is 6.76.